The minimum Gasteiger partial charge on any atom is -0.358 e. The predicted molar refractivity (Wildman–Crippen MR) is 284 cm³/mol. The largest absolute Gasteiger partial charge is 0.358 e. The summed E-state index contributed by atoms with van der Waals surface area (Å²) in [5.74, 6) is 0.0807. The fourth-order valence-corrected chi connectivity index (χ4v) is 4.19. The molecule has 13 heteroatoms. The summed E-state index contributed by atoms with van der Waals surface area (Å²) in [4.78, 5) is 38.7. The van der Waals surface area contributed by atoms with Crippen LogP contribution < -0.4 is 16.8 Å². The van der Waals surface area contributed by atoms with Crippen molar-refractivity contribution in [3.05, 3.63) is 207 Å². The monoisotopic (exact) mass is 1160 g/mol. The van der Waals surface area contributed by atoms with E-state index in [9.17, 15) is 9.59 Å². The first-order valence-corrected chi connectivity index (χ1v) is 21.2. The van der Waals surface area contributed by atoms with E-state index >= 15 is 0 Å². The molecule has 0 saturated carbocycles. The summed E-state index contributed by atoms with van der Waals surface area (Å²) in [6, 6.07) is 43.5. The molecule has 0 aliphatic carbocycles. The third-order valence-corrected chi connectivity index (χ3v) is 6.85. The van der Waals surface area contributed by atoms with Gasteiger partial charge >= 0.3 is 0 Å². The molecule has 0 saturated heterocycles. The van der Waals surface area contributed by atoms with Gasteiger partial charge in [0, 0.05) is 144 Å². The molecule has 5 N–H and O–H groups in total. The summed E-state index contributed by atoms with van der Waals surface area (Å²) >= 11 is 0. The van der Waals surface area contributed by atoms with Crippen LogP contribution in [0, 0.1) is 26.2 Å². The van der Waals surface area contributed by atoms with Gasteiger partial charge < -0.3 is 31.6 Å². The Morgan fingerprint density at radius 1 is 0.500 bits per heavy atom. The van der Waals surface area contributed by atoms with E-state index in [0.717, 1.165) is 47.6 Å². The van der Waals surface area contributed by atoms with E-state index in [-0.39, 0.29) is 116 Å². The maximum Gasteiger partial charge on any atom is 0.251 e. The third-order valence-electron chi connectivity index (χ3n) is 6.85. The fraction of sp³-hybridized carbons (Fsp3) is 0.302. The van der Waals surface area contributed by atoms with E-state index in [1.807, 2.05) is 183 Å². The maximum absolute atomic E-state index is 11.7. The Bertz CT molecular complexity index is 1810. The molecule has 358 valence electrons. The Hall–Kier alpha value is -3.47. The van der Waals surface area contributed by atoms with Crippen molar-refractivity contribution in [1.29, 1.82) is 5.26 Å². The van der Waals surface area contributed by atoms with E-state index in [1.165, 1.54) is 0 Å². The first-order valence-electron chi connectivity index (χ1n) is 21.2. The average Bonchev–Trinajstić information content (AvgIpc) is 3.35. The molecule has 4 aromatic heterocycles. The number of ketones is 1. The molecule has 0 aliphatic heterocycles. The van der Waals surface area contributed by atoms with Crippen LogP contribution >= 0.6 is 24.0 Å². The first-order chi connectivity index (χ1) is 30.0. The Kier molecular flexibility index (Phi) is 76.7. The molecule has 0 spiro atoms. The molecule has 1 amide bonds. The smallest absolute Gasteiger partial charge is 0.251 e. The summed E-state index contributed by atoms with van der Waals surface area (Å²) in [6.45, 7) is 19.5. The van der Waals surface area contributed by atoms with E-state index in [0.29, 0.717) is 31.6 Å². The number of halogens is 1. The van der Waals surface area contributed by atoms with Crippen molar-refractivity contribution in [2.45, 2.75) is 88.0 Å². The van der Waals surface area contributed by atoms with Gasteiger partial charge in [-0.3, -0.25) is 29.5 Å². The molecule has 0 fully saturated rings. The molecule has 0 bridgehead atoms. The number of nitrogens with two attached hydrogens (primary N) is 2. The van der Waals surface area contributed by atoms with Crippen molar-refractivity contribution in [3.63, 3.8) is 0 Å². The fourth-order valence-electron chi connectivity index (χ4n) is 4.19. The van der Waals surface area contributed by atoms with Gasteiger partial charge in [-0.25, -0.2) is 0 Å². The second-order valence-electron chi connectivity index (χ2n) is 11.0. The number of nitriles is 1. The van der Waals surface area contributed by atoms with Gasteiger partial charge in [0.15, 0.2) is 5.78 Å². The number of amides is 1. The van der Waals surface area contributed by atoms with Gasteiger partial charge in [0.05, 0.1) is 18.2 Å². The molecule has 0 atom stereocenters. The topological polar surface area (TPSA) is 174 Å². The summed E-state index contributed by atoms with van der Waals surface area (Å²) in [6.07, 6.45) is 9.92. The SMILES string of the molecule is CC.CC.CC.CC.CC(=O)c1ccccc1.I.N#CCc1ccccn1.NCCc1ccccn1.NCCc1ccccn1.O=C(NCCc1ccccn1)c1ccccc1.[CH3-].[CH3-].[Y].[Y]. The molecule has 0 unspecified atom stereocenters. The van der Waals surface area contributed by atoms with Crippen molar-refractivity contribution in [2.24, 2.45) is 11.5 Å². The number of carbonyl (C=O) groups is 2. The molecule has 4 heterocycles. The van der Waals surface area contributed by atoms with Crippen molar-refractivity contribution in [1.82, 2.24) is 25.3 Å². The second kappa shape index (κ2) is 63.6. The molecule has 2 aromatic carbocycles. The van der Waals surface area contributed by atoms with Gasteiger partial charge in [-0.15, -0.1) is 24.0 Å². The zero-order valence-corrected chi connectivity index (χ0v) is 49.7. The molecule has 2 radical (unpaired) electrons. The van der Waals surface area contributed by atoms with Crippen LogP contribution in [0.2, 0.25) is 0 Å². The van der Waals surface area contributed by atoms with Crippen LogP contribution in [-0.2, 0) is 91.1 Å². The molecule has 6 rings (SSSR count). The van der Waals surface area contributed by atoms with Gasteiger partial charge in [-0.05, 0) is 80.7 Å². The van der Waals surface area contributed by atoms with Crippen LogP contribution in [-0.4, -0.2) is 51.3 Å². The number of hydrogen-bond donors (Lipinski definition) is 3. The van der Waals surface area contributed by atoms with Crippen molar-refractivity contribution >= 4 is 35.7 Å². The van der Waals surface area contributed by atoms with Crippen LogP contribution in [0.5, 0.6) is 0 Å². The van der Waals surface area contributed by atoms with Crippen molar-refractivity contribution in [2.75, 3.05) is 19.6 Å². The van der Waals surface area contributed by atoms with Gasteiger partial charge in [0.2, 0.25) is 0 Å². The van der Waals surface area contributed by atoms with Gasteiger partial charge in [-0.2, -0.15) is 5.26 Å². The van der Waals surface area contributed by atoms with Crippen molar-refractivity contribution in [3.8, 4) is 6.07 Å². The summed E-state index contributed by atoms with van der Waals surface area (Å²) in [7, 11) is 0. The molecule has 6 aromatic rings. The van der Waals surface area contributed by atoms with Crippen LogP contribution in [0.15, 0.2) is 158 Å². The quantitative estimate of drug-likeness (QED) is 0.0685. The van der Waals surface area contributed by atoms with Crippen LogP contribution in [0.25, 0.3) is 0 Å². The zero-order valence-electron chi connectivity index (χ0n) is 41.7. The molecular formula is C53H79IN8O2Y2-2. The number of rotatable bonds is 10. The summed E-state index contributed by atoms with van der Waals surface area (Å²) in [5, 5.41) is 11.1. The van der Waals surface area contributed by atoms with E-state index < -0.39 is 0 Å². The van der Waals surface area contributed by atoms with Gasteiger partial charge in [0.1, 0.15) is 0 Å². The second-order valence-corrected chi connectivity index (χ2v) is 11.0. The van der Waals surface area contributed by atoms with Crippen molar-refractivity contribution < 1.29 is 75.0 Å². The molecule has 66 heavy (non-hydrogen) atoms. The van der Waals surface area contributed by atoms with E-state index in [1.54, 1.807) is 43.8 Å². The zero-order chi connectivity index (χ0) is 46.2. The predicted octanol–water partition coefficient (Wildman–Crippen LogP) is 11.9. The van der Waals surface area contributed by atoms with Gasteiger partial charge in [-0.1, -0.05) is 128 Å². The molecular weight excluding hydrogens is 1090 g/mol. The molecule has 10 nitrogen and oxygen atoms in total. The third kappa shape index (κ3) is 47.0. The van der Waals surface area contributed by atoms with Gasteiger partial charge in [0.25, 0.3) is 5.91 Å². The summed E-state index contributed by atoms with van der Waals surface area (Å²) in [5.41, 5.74) is 16.1. The Labute approximate surface area is 468 Å². The van der Waals surface area contributed by atoms with Crippen LogP contribution in [0.4, 0.5) is 0 Å². The number of carbonyl (C=O) groups excluding carboxylic acids is 2. The summed E-state index contributed by atoms with van der Waals surface area (Å²) < 4.78 is 0. The number of nitrogens with zero attached hydrogens (tertiary/aromatic N) is 5. The number of pyridine rings is 4. The molecule has 0 aliphatic rings. The number of hydrogen-bond acceptors (Lipinski definition) is 9. The van der Waals surface area contributed by atoms with E-state index in [2.05, 4.69) is 25.3 Å². The van der Waals surface area contributed by atoms with Crippen LogP contribution in [0.3, 0.4) is 0 Å². The average molecular weight is 1160 g/mol. The Morgan fingerprint density at radius 3 is 1.08 bits per heavy atom. The first kappa shape index (κ1) is 79.6. The minimum atomic E-state index is -0.0402. The number of nitrogens with one attached hydrogen (secondary N) is 1. The maximum atomic E-state index is 11.7. The Balaban J connectivity index is -0.000000103. The Morgan fingerprint density at radius 2 is 0.803 bits per heavy atom. The number of aromatic nitrogens is 4. The normalized spacial score (nSPS) is 7.85. The number of benzene rings is 2. The standard InChI is InChI=1S/C14H14N2O.C8H8O.2C7H10N2.C7H6N2.4C2H6.2CH3.HI.2Y/c17-14(12-6-2-1-3-7-12)16-11-9-13-8-4-5-10-15-13;1-7(9)8-5-3-2-4-6-8;3*8-5-4-7-3-1-2-6-9-7;4*1-2;;;;;/h1-8,10H,9,11H2,(H,16,17);2-6H,1H3;2*1-3,6H,4-5,8H2;1-3,6H,4H2;4*1-2H3;2*1H3;1H;;/q;;;;;;;;;2*-1;;;. The minimum absolute atomic E-state index is 0. The number of Topliss-reactive ketones (excluding diaryl/α,β-unsaturated/α-hetero) is 1. The van der Waals surface area contributed by atoms with Crippen LogP contribution in [0.1, 0.15) is 106 Å². The van der Waals surface area contributed by atoms with E-state index in [4.69, 9.17) is 16.7 Å².